The van der Waals surface area contributed by atoms with Gasteiger partial charge in [-0.05, 0) is 24.6 Å². The van der Waals surface area contributed by atoms with Crippen LogP contribution in [0.5, 0.6) is 5.75 Å². The van der Waals surface area contributed by atoms with E-state index in [1.807, 2.05) is 0 Å². The van der Waals surface area contributed by atoms with Crippen molar-refractivity contribution < 1.29 is 24.2 Å². The van der Waals surface area contributed by atoms with Crippen molar-refractivity contribution in [1.29, 1.82) is 0 Å². The van der Waals surface area contributed by atoms with Gasteiger partial charge in [-0.25, -0.2) is 4.98 Å². The Bertz CT molecular complexity index is 942. The van der Waals surface area contributed by atoms with E-state index < -0.39 is 35.3 Å². The molecule has 3 N–H and O–H groups in total. The smallest absolute Gasteiger partial charge is 0.327 e. The van der Waals surface area contributed by atoms with Crippen molar-refractivity contribution in [3.63, 3.8) is 0 Å². The predicted octanol–water partition coefficient (Wildman–Crippen LogP) is 0.535. The molecular weight excluding hydrogens is 376 g/mol. The van der Waals surface area contributed by atoms with E-state index in [0.29, 0.717) is 5.82 Å². The molecule has 4 atom stereocenters. The Morgan fingerprint density at radius 3 is 2.59 bits per heavy atom. The molecule has 1 aromatic heterocycles. The lowest BCUT2D eigenvalue weighted by atomic mass is 9.76. The number of nitrogens with zero attached hydrogens (tertiary/aromatic N) is 2. The number of amides is 2. The summed E-state index contributed by atoms with van der Waals surface area (Å²) in [5.74, 6) is -2.46. The summed E-state index contributed by atoms with van der Waals surface area (Å²) in [6, 6.07) is 5.73. The number of benzene rings is 1. The molecule has 0 saturated carbocycles. The molecule has 2 amide bonds. The molecule has 9 nitrogen and oxygen atoms in total. The Hall–Kier alpha value is -3.20. The summed E-state index contributed by atoms with van der Waals surface area (Å²) in [5, 5.41) is 12.8. The molecule has 0 bridgehead atoms. The maximum atomic E-state index is 13.2. The average molecular weight is 398 g/mol. The summed E-state index contributed by atoms with van der Waals surface area (Å²) in [6.45, 7) is 1.96. The number of hydrogen-bond acceptors (Lipinski definition) is 7. The first-order valence-electron chi connectivity index (χ1n) is 9.41. The zero-order chi connectivity index (χ0) is 20.8. The number of carbonyl (C=O) groups excluding carboxylic acids is 3. The highest BCUT2D eigenvalue weighted by Gasteiger charge is 2.68. The molecule has 29 heavy (non-hydrogen) atoms. The van der Waals surface area contributed by atoms with E-state index in [4.69, 9.17) is 4.74 Å². The summed E-state index contributed by atoms with van der Waals surface area (Å²) in [7, 11) is 1.26. The second kappa shape index (κ2) is 7.00. The Morgan fingerprint density at radius 2 is 2.00 bits per heavy atom. The van der Waals surface area contributed by atoms with Crippen molar-refractivity contribution in [2.45, 2.75) is 24.9 Å². The molecule has 4 rings (SSSR count). The van der Waals surface area contributed by atoms with Crippen molar-refractivity contribution in [3.8, 4) is 5.75 Å². The molecule has 9 heteroatoms. The van der Waals surface area contributed by atoms with Crippen LogP contribution in [-0.4, -0.2) is 57.0 Å². The second-order valence-corrected chi connectivity index (χ2v) is 7.33. The summed E-state index contributed by atoms with van der Waals surface area (Å²) in [4.78, 5) is 47.8. The van der Waals surface area contributed by atoms with Crippen LogP contribution in [0.25, 0.3) is 0 Å². The molecule has 2 aliphatic rings. The van der Waals surface area contributed by atoms with Crippen molar-refractivity contribution >= 4 is 17.8 Å². The molecule has 1 aromatic carbocycles. The van der Waals surface area contributed by atoms with E-state index in [2.05, 4.69) is 15.3 Å². The van der Waals surface area contributed by atoms with Crippen LogP contribution in [0.1, 0.15) is 24.4 Å². The van der Waals surface area contributed by atoms with Crippen LogP contribution in [0, 0.1) is 11.8 Å². The van der Waals surface area contributed by atoms with E-state index >= 15 is 0 Å². The van der Waals surface area contributed by atoms with Crippen molar-refractivity contribution in [2.24, 2.45) is 11.8 Å². The number of aromatic nitrogens is 2. The van der Waals surface area contributed by atoms with E-state index in [0.717, 1.165) is 5.56 Å². The number of aromatic hydroxyl groups is 1. The third-order valence-electron chi connectivity index (χ3n) is 5.84. The third kappa shape index (κ3) is 2.80. The van der Waals surface area contributed by atoms with Crippen LogP contribution in [0.2, 0.25) is 0 Å². The van der Waals surface area contributed by atoms with Crippen LogP contribution in [-0.2, 0) is 25.5 Å². The molecule has 0 unspecified atom stereocenters. The maximum Gasteiger partial charge on any atom is 0.327 e. The second-order valence-electron chi connectivity index (χ2n) is 7.33. The van der Waals surface area contributed by atoms with Crippen molar-refractivity contribution in [2.75, 3.05) is 13.7 Å². The molecule has 2 aromatic rings. The first-order chi connectivity index (χ1) is 13.9. The number of ether oxygens (including phenoxy) is 1. The van der Waals surface area contributed by atoms with Crippen molar-refractivity contribution in [3.05, 3.63) is 48.0 Å². The molecule has 2 aliphatic heterocycles. The molecule has 0 radical (unpaired) electrons. The van der Waals surface area contributed by atoms with Gasteiger partial charge >= 0.3 is 5.97 Å². The number of rotatable bonds is 5. The van der Waals surface area contributed by atoms with Crippen molar-refractivity contribution in [1.82, 2.24) is 20.2 Å². The number of H-pyrrole nitrogens is 1. The van der Waals surface area contributed by atoms with Gasteiger partial charge in [-0.1, -0.05) is 12.1 Å². The first kappa shape index (κ1) is 19.1. The average Bonchev–Trinajstić information content (AvgIpc) is 3.41. The lowest BCUT2D eigenvalue weighted by molar-refractivity contribution is -0.154. The third-order valence-corrected chi connectivity index (χ3v) is 5.84. The Balaban J connectivity index is 1.84. The van der Waals surface area contributed by atoms with Gasteiger partial charge in [-0.3, -0.25) is 24.6 Å². The molecule has 2 saturated heterocycles. The molecule has 3 heterocycles. The van der Waals surface area contributed by atoms with Gasteiger partial charge in [0.15, 0.2) is 0 Å². The number of imide groups is 1. The monoisotopic (exact) mass is 398 g/mol. The van der Waals surface area contributed by atoms with E-state index in [9.17, 15) is 19.5 Å². The van der Waals surface area contributed by atoms with Crippen LogP contribution in [0.4, 0.5) is 0 Å². The fourth-order valence-electron chi connectivity index (χ4n) is 4.60. The summed E-state index contributed by atoms with van der Waals surface area (Å²) >= 11 is 0. The lowest BCUT2D eigenvalue weighted by Crippen LogP contribution is -2.57. The number of phenols is 1. The minimum Gasteiger partial charge on any atom is -0.508 e. The number of esters is 1. The number of likely N-dealkylation sites (tertiary alicyclic amines) is 1. The molecular formula is C20H22N4O5. The standard InChI is InChI=1S/C20H22N4O5/c1-3-24-17(26)13-14(18(24)27)20(19(28)29-2,10-11-4-6-12(25)7-5-11)23-15(13)16-21-8-9-22-16/h4-9,13-15,23,25H,3,10H2,1-2H3,(H,21,22)/t13-,14-,15+,20-/m0/s1. The predicted molar refractivity (Wildman–Crippen MR) is 100 cm³/mol. The van der Waals surface area contributed by atoms with Crippen LogP contribution in [0.15, 0.2) is 36.7 Å². The molecule has 0 aliphatic carbocycles. The SMILES string of the molecule is CCN1C(=O)[C@H]2[C@@H](C1=O)[C@@](Cc1ccc(O)cc1)(C(=O)OC)N[C@H]2c1ncc[nH]1. The zero-order valence-corrected chi connectivity index (χ0v) is 16.1. The number of imidazole rings is 1. The van der Waals surface area contributed by atoms with Gasteiger partial charge < -0.3 is 14.8 Å². The van der Waals surface area contributed by atoms with Gasteiger partial charge in [0.2, 0.25) is 11.8 Å². The Labute approximate surface area is 167 Å². The summed E-state index contributed by atoms with van der Waals surface area (Å²) in [5.41, 5.74) is -0.723. The number of methoxy groups -OCH3 is 1. The first-order valence-corrected chi connectivity index (χ1v) is 9.41. The van der Waals surface area contributed by atoms with Crippen LogP contribution >= 0.6 is 0 Å². The van der Waals surface area contributed by atoms with Gasteiger partial charge in [-0.2, -0.15) is 0 Å². The number of carbonyl (C=O) groups is 3. The number of hydrogen-bond donors (Lipinski definition) is 3. The number of aromatic amines is 1. The van der Waals surface area contributed by atoms with E-state index in [1.54, 1.807) is 31.5 Å². The van der Waals surface area contributed by atoms with E-state index in [-0.39, 0.29) is 24.6 Å². The molecule has 0 spiro atoms. The molecule has 2 fully saturated rings. The zero-order valence-electron chi connectivity index (χ0n) is 16.1. The van der Waals surface area contributed by atoms with Gasteiger partial charge in [0.25, 0.3) is 0 Å². The van der Waals surface area contributed by atoms with Crippen LogP contribution in [0.3, 0.4) is 0 Å². The van der Waals surface area contributed by atoms with Crippen LogP contribution < -0.4 is 5.32 Å². The highest BCUT2D eigenvalue weighted by atomic mass is 16.5. The largest absolute Gasteiger partial charge is 0.508 e. The minimum absolute atomic E-state index is 0.0934. The quantitative estimate of drug-likeness (QED) is 0.496. The van der Waals surface area contributed by atoms with E-state index in [1.165, 1.54) is 24.1 Å². The number of phenolic OH excluding ortho intramolecular Hbond substituents is 1. The lowest BCUT2D eigenvalue weighted by Gasteiger charge is -2.32. The van der Waals surface area contributed by atoms with Gasteiger partial charge in [-0.15, -0.1) is 0 Å². The Morgan fingerprint density at radius 1 is 1.28 bits per heavy atom. The fraction of sp³-hybridized carbons (Fsp3) is 0.400. The van der Waals surface area contributed by atoms with Gasteiger partial charge in [0.05, 0.1) is 25.0 Å². The fourth-order valence-corrected chi connectivity index (χ4v) is 4.60. The minimum atomic E-state index is -1.44. The topological polar surface area (TPSA) is 125 Å². The summed E-state index contributed by atoms with van der Waals surface area (Å²) < 4.78 is 5.10. The number of nitrogens with one attached hydrogen (secondary N) is 2. The normalized spacial score (nSPS) is 28.6. The number of fused-ring (bicyclic) bond motifs is 1. The summed E-state index contributed by atoms with van der Waals surface area (Å²) in [6.07, 6.45) is 3.31. The highest BCUT2D eigenvalue weighted by molar-refractivity contribution is 6.09. The van der Waals surface area contributed by atoms with Gasteiger partial charge in [0, 0.05) is 25.4 Å². The molecule has 152 valence electrons. The highest BCUT2D eigenvalue weighted by Crippen LogP contribution is 2.49. The Kier molecular flexibility index (Phi) is 4.62. The maximum absolute atomic E-state index is 13.2. The van der Waals surface area contributed by atoms with Gasteiger partial charge in [0.1, 0.15) is 17.1 Å².